The van der Waals surface area contributed by atoms with Gasteiger partial charge in [0.1, 0.15) is 0 Å². The zero-order valence-electron chi connectivity index (χ0n) is 16.2. The van der Waals surface area contributed by atoms with Crippen LogP contribution in [0.3, 0.4) is 0 Å². The van der Waals surface area contributed by atoms with Crippen molar-refractivity contribution < 1.29 is 17.9 Å². The number of methoxy groups -OCH3 is 1. The highest BCUT2D eigenvalue weighted by Gasteiger charge is 2.14. The Balaban J connectivity index is 2.09. The summed E-state index contributed by atoms with van der Waals surface area (Å²) in [5, 5.41) is 4.32. The first-order chi connectivity index (χ1) is 13.8. The molecule has 0 radical (unpaired) electrons. The molecule has 8 heteroatoms. The van der Waals surface area contributed by atoms with Gasteiger partial charge < -0.3 is 9.64 Å². The zero-order valence-corrected chi connectivity index (χ0v) is 16.2. The molecule has 0 spiro atoms. The lowest BCUT2D eigenvalue weighted by Gasteiger charge is -2.14. The van der Waals surface area contributed by atoms with Gasteiger partial charge in [-0.05, 0) is 56.1 Å². The summed E-state index contributed by atoms with van der Waals surface area (Å²) >= 11 is 0. The fraction of sp³-hybridized carbons (Fsp3) is 0.238. The molecule has 0 amide bonds. The maximum absolute atomic E-state index is 14.1. The molecule has 5 nitrogen and oxygen atoms in total. The first-order valence-corrected chi connectivity index (χ1v) is 8.82. The summed E-state index contributed by atoms with van der Waals surface area (Å²) in [6.07, 6.45) is 0. The van der Waals surface area contributed by atoms with Crippen molar-refractivity contribution in [3.63, 3.8) is 0 Å². The van der Waals surface area contributed by atoms with Crippen molar-refractivity contribution in [1.82, 2.24) is 14.7 Å². The number of rotatable bonds is 6. The summed E-state index contributed by atoms with van der Waals surface area (Å²) in [6, 6.07) is 9.39. The molecule has 0 atom stereocenters. The van der Waals surface area contributed by atoms with Crippen LogP contribution < -0.4 is 10.3 Å². The lowest BCUT2D eigenvalue weighted by molar-refractivity contribution is 0.386. The maximum Gasteiger partial charge on any atom is 0.271 e. The van der Waals surface area contributed by atoms with E-state index in [1.54, 1.807) is 12.1 Å². The minimum absolute atomic E-state index is 0.0526. The molecule has 0 saturated heterocycles. The summed E-state index contributed by atoms with van der Waals surface area (Å²) in [4.78, 5) is 14.6. The van der Waals surface area contributed by atoms with Gasteiger partial charge in [-0.3, -0.25) is 4.79 Å². The summed E-state index contributed by atoms with van der Waals surface area (Å²) in [6.45, 7) is 0.285. The van der Waals surface area contributed by atoms with E-state index in [0.717, 1.165) is 12.1 Å². The molecular formula is C21H20F3N3O2. The van der Waals surface area contributed by atoms with Crippen LogP contribution in [-0.4, -0.2) is 35.9 Å². The number of halogens is 3. The topological polar surface area (TPSA) is 47.4 Å². The number of ether oxygens (including phenoxy) is 1. The number of hydrogen-bond donors (Lipinski definition) is 0. The van der Waals surface area contributed by atoms with Crippen LogP contribution in [-0.2, 0) is 13.1 Å². The van der Waals surface area contributed by atoms with Gasteiger partial charge in [-0.1, -0.05) is 6.07 Å². The van der Waals surface area contributed by atoms with Crippen molar-refractivity contribution in [2.45, 2.75) is 13.1 Å². The van der Waals surface area contributed by atoms with Crippen LogP contribution in [0.5, 0.6) is 5.75 Å². The Morgan fingerprint density at radius 3 is 2.38 bits per heavy atom. The molecular weight excluding hydrogens is 383 g/mol. The van der Waals surface area contributed by atoms with Gasteiger partial charge in [0.2, 0.25) is 0 Å². The van der Waals surface area contributed by atoms with Crippen LogP contribution in [0, 0.1) is 17.5 Å². The van der Waals surface area contributed by atoms with Crippen LogP contribution in [0.4, 0.5) is 13.2 Å². The van der Waals surface area contributed by atoms with E-state index in [1.165, 1.54) is 30.0 Å². The van der Waals surface area contributed by atoms with Crippen molar-refractivity contribution in [2.24, 2.45) is 0 Å². The first kappa shape index (κ1) is 20.6. The second-order valence-corrected chi connectivity index (χ2v) is 6.85. The Morgan fingerprint density at radius 1 is 1.00 bits per heavy atom. The van der Waals surface area contributed by atoms with E-state index >= 15 is 0 Å². The molecule has 29 heavy (non-hydrogen) atoms. The third kappa shape index (κ3) is 4.65. The minimum Gasteiger partial charge on any atom is -0.494 e. The number of aromatic nitrogens is 2. The van der Waals surface area contributed by atoms with Crippen molar-refractivity contribution in [1.29, 1.82) is 0 Å². The number of hydrogen-bond acceptors (Lipinski definition) is 4. The van der Waals surface area contributed by atoms with Crippen molar-refractivity contribution in [2.75, 3.05) is 21.2 Å². The summed E-state index contributed by atoms with van der Waals surface area (Å²) in [7, 11) is 4.99. The molecule has 0 aliphatic rings. The highest BCUT2D eigenvalue weighted by Crippen LogP contribution is 2.24. The first-order valence-electron chi connectivity index (χ1n) is 8.82. The number of nitrogens with zero attached hydrogens (tertiary/aromatic N) is 3. The predicted octanol–water partition coefficient (Wildman–Crippen LogP) is 3.45. The van der Waals surface area contributed by atoms with Gasteiger partial charge in [0.15, 0.2) is 23.2 Å². The predicted molar refractivity (Wildman–Crippen MR) is 103 cm³/mol. The quantitative estimate of drug-likeness (QED) is 0.633. The summed E-state index contributed by atoms with van der Waals surface area (Å²) in [5.74, 6) is -2.43. The monoisotopic (exact) mass is 403 g/mol. The molecule has 0 N–H and O–H groups in total. The van der Waals surface area contributed by atoms with Crippen molar-refractivity contribution >= 4 is 0 Å². The van der Waals surface area contributed by atoms with Gasteiger partial charge in [0.05, 0.1) is 19.3 Å². The molecule has 0 aliphatic heterocycles. The third-order valence-corrected chi connectivity index (χ3v) is 4.30. The number of benzene rings is 2. The fourth-order valence-corrected chi connectivity index (χ4v) is 2.94. The van der Waals surface area contributed by atoms with Crippen LogP contribution in [0.15, 0.2) is 47.3 Å². The van der Waals surface area contributed by atoms with E-state index in [-0.39, 0.29) is 17.9 Å². The zero-order chi connectivity index (χ0) is 21.1. The molecule has 0 unspecified atom stereocenters. The van der Waals surface area contributed by atoms with E-state index in [4.69, 9.17) is 4.74 Å². The van der Waals surface area contributed by atoms with Gasteiger partial charge in [-0.2, -0.15) is 5.10 Å². The molecule has 152 valence electrons. The molecule has 1 heterocycles. The average molecular weight is 403 g/mol. The maximum atomic E-state index is 14.1. The van der Waals surface area contributed by atoms with Crippen LogP contribution in [0.1, 0.15) is 11.1 Å². The van der Waals surface area contributed by atoms with E-state index in [9.17, 15) is 18.0 Å². The van der Waals surface area contributed by atoms with Gasteiger partial charge in [-0.25, -0.2) is 17.9 Å². The Labute approximate surface area is 166 Å². The molecule has 0 bridgehead atoms. The molecule has 3 rings (SSSR count). The summed E-state index contributed by atoms with van der Waals surface area (Å²) < 4.78 is 47.0. The smallest absolute Gasteiger partial charge is 0.271 e. The lowest BCUT2D eigenvalue weighted by atomic mass is 10.1. The molecule has 3 aromatic rings. The molecule has 2 aromatic carbocycles. The second-order valence-electron chi connectivity index (χ2n) is 6.85. The van der Waals surface area contributed by atoms with Crippen molar-refractivity contribution in [3.8, 4) is 17.0 Å². The normalized spacial score (nSPS) is 11.1. The Morgan fingerprint density at radius 2 is 1.76 bits per heavy atom. The largest absolute Gasteiger partial charge is 0.494 e. The van der Waals surface area contributed by atoms with E-state index in [0.29, 0.717) is 28.9 Å². The molecule has 0 fully saturated rings. The van der Waals surface area contributed by atoms with Gasteiger partial charge in [0.25, 0.3) is 5.56 Å². The highest BCUT2D eigenvalue weighted by molar-refractivity contribution is 5.60. The highest BCUT2D eigenvalue weighted by atomic mass is 19.2. The Hall–Kier alpha value is -3.13. The van der Waals surface area contributed by atoms with Crippen molar-refractivity contribution in [3.05, 3.63) is 81.4 Å². The Bertz CT molecular complexity index is 1100. The van der Waals surface area contributed by atoms with Crippen LogP contribution in [0.25, 0.3) is 11.3 Å². The second kappa shape index (κ2) is 8.48. The average Bonchev–Trinajstić information content (AvgIpc) is 2.67. The van der Waals surface area contributed by atoms with Crippen LogP contribution in [0.2, 0.25) is 0 Å². The molecule has 0 aliphatic carbocycles. The lowest BCUT2D eigenvalue weighted by Crippen LogP contribution is -2.29. The molecule has 1 aromatic heterocycles. The Kier molecular flexibility index (Phi) is 6.03. The van der Waals surface area contributed by atoms with Gasteiger partial charge >= 0.3 is 0 Å². The minimum atomic E-state index is -1.00. The fourth-order valence-electron chi connectivity index (χ4n) is 2.94. The molecule has 0 saturated carbocycles. The SMILES string of the molecule is COc1ccc(-c2cc(CN(C)C)c(=O)n(Cc3ccc(F)c(F)c3)n2)cc1F. The van der Waals surface area contributed by atoms with Gasteiger partial charge in [-0.15, -0.1) is 0 Å². The third-order valence-electron chi connectivity index (χ3n) is 4.30. The van der Waals surface area contributed by atoms with Gasteiger partial charge in [0, 0.05) is 17.7 Å². The standard InChI is InChI=1S/C21H20F3N3O2/c1-26(2)12-15-10-19(14-5-7-20(29-3)18(24)9-14)25-27(21(15)28)11-13-4-6-16(22)17(23)8-13/h4-10H,11-12H2,1-3H3. The van der Waals surface area contributed by atoms with E-state index in [2.05, 4.69) is 5.10 Å². The van der Waals surface area contributed by atoms with Crippen LogP contribution >= 0.6 is 0 Å². The summed E-state index contributed by atoms with van der Waals surface area (Å²) in [5.41, 5.74) is 1.31. The van der Waals surface area contributed by atoms with E-state index < -0.39 is 17.5 Å². The van der Waals surface area contributed by atoms with E-state index in [1.807, 2.05) is 19.0 Å².